The van der Waals surface area contributed by atoms with Gasteiger partial charge in [0.1, 0.15) is 0 Å². The minimum Gasteiger partial charge on any atom is -0.316 e. The Kier molecular flexibility index (Phi) is 5.19. The van der Waals surface area contributed by atoms with Gasteiger partial charge >= 0.3 is 0 Å². The number of likely N-dealkylation sites (tertiary alicyclic amines) is 1. The summed E-state index contributed by atoms with van der Waals surface area (Å²) in [4.78, 5) is 2.74. The fourth-order valence-corrected chi connectivity index (χ4v) is 4.08. The zero-order chi connectivity index (χ0) is 12.1. The molecule has 0 spiro atoms. The zero-order valence-corrected chi connectivity index (χ0v) is 12.3. The van der Waals surface area contributed by atoms with Crippen LogP contribution in [0.3, 0.4) is 0 Å². The smallest absolute Gasteiger partial charge is 0.00569 e. The van der Waals surface area contributed by atoms with Gasteiger partial charge in [0.15, 0.2) is 0 Å². The molecule has 2 unspecified atom stereocenters. The highest BCUT2D eigenvalue weighted by Crippen LogP contribution is 2.31. The van der Waals surface area contributed by atoms with Crippen molar-refractivity contribution in [1.29, 1.82) is 0 Å². The van der Waals surface area contributed by atoms with Gasteiger partial charge < -0.3 is 10.2 Å². The van der Waals surface area contributed by atoms with E-state index in [2.05, 4.69) is 35.2 Å². The lowest BCUT2D eigenvalue weighted by molar-refractivity contribution is 0.162. The molecular formula is C14H28N2S. The molecule has 2 rings (SSSR count). The summed E-state index contributed by atoms with van der Waals surface area (Å²) in [6.07, 6.45) is 9.21. The van der Waals surface area contributed by atoms with E-state index in [0.29, 0.717) is 5.41 Å². The summed E-state index contributed by atoms with van der Waals surface area (Å²) in [5, 5.41) is 4.47. The maximum absolute atomic E-state index is 3.56. The van der Waals surface area contributed by atoms with Gasteiger partial charge in [-0.15, -0.1) is 0 Å². The van der Waals surface area contributed by atoms with Crippen molar-refractivity contribution in [2.45, 2.75) is 44.3 Å². The van der Waals surface area contributed by atoms with Crippen LogP contribution < -0.4 is 5.32 Å². The van der Waals surface area contributed by atoms with Crippen molar-refractivity contribution < 1.29 is 0 Å². The maximum Gasteiger partial charge on any atom is 0.00569 e. The van der Waals surface area contributed by atoms with E-state index >= 15 is 0 Å². The lowest BCUT2D eigenvalue weighted by Gasteiger charge is -2.33. The van der Waals surface area contributed by atoms with E-state index in [0.717, 1.165) is 5.25 Å². The Morgan fingerprint density at radius 2 is 2.24 bits per heavy atom. The fourth-order valence-electron chi connectivity index (χ4n) is 3.34. The summed E-state index contributed by atoms with van der Waals surface area (Å²) >= 11 is 2.07. The van der Waals surface area contributed by atoms with Crippen LogP contribution in [0.15, 0.2) is 0 Å². The number of rotatable bonds is 4. The van der Waals surface area contributed by atoms with Crippen molar-refractivity contribution >= 4 is 11.8 Å². The van der Waals surface area contributed by atoms with E-state index in [4.69, 9.17) is 0 Å². The molecule has 2 aliphatic rings. The van der Waals surface area contributed by atoms with E-state index in [-0.39, 0.29) is 0 Å². The molecule has 2 nitrogen and oxygen atoms in total. The molecule has 0 aromatic rings. The minimum atomic E-state index is 0.583. The number of nitrogens with one attached hydrogen (secondary N) is 1. The van der Waals surface area contributed by atoms with Crippen molar-refractivity contribution in [3.05, 3.63) is 0 Å². The van der Waals surface area contributed by atoms with E-state index in [1.807, 2.05) is 0 Å². The second-order valence-corrected chi connectivity index (χ2v) is 6.98. The molecule has 2 fully saturated rings. The summed E-state index contributed by atoms with van der Waals surface area (Å²) in [5.74, 6) is 0. The quantitative estimate of drug-likeness (QED) is 0.832. The standard InChI is InChI=1S/C14H28N2S/c1-3-14(7-8-15-11-14)12-16-9-4-5-13(17-2)6-10-16/h13,15H,3-12H2,1-2H3. The number of hydrogen-bond acceptors (Lipinski definition) is 3. The lowest BCUT2D eigenvalue weighted by Crippen LogP contribution is -2.39. The molecule has 2 heterocycles. The van der Waals surface area contributed by atoms with Gasteiger partial charge in [-0.1, -0.05) is 6.92 Å². The highest BCUT2D eigenvalue weighted by molar-refractivity contribution is 7.99. The molecule has 2 saturated heterocycles. The molecule has 2 atom stereocenters. The lowest BCUT2D eigenvalue weighted by atomic mass is 9.83. The Morgan fingerprint density at radius 1 is 1.35 bits per heavy atom. The van der Waals surface area contributed by atoms with E-state index in [9.17, 15) is 0 Å². The molecular weight excluding hydrogens is 228 g/mol. The molecule has 1 N–H and O–H groups in total. The Balaban J connectivity index is 1.85. The molecule has 0 amide bonds. The summed E-state index contributed by atoms with van der Waals surface area (Å²) in [6, 6.07) is 0. The topological polar surface area (TPSA) is 15.3 Å². The van der Waals surface area contributed by atoms with Gasteiger partial charge in [-0.2, -0.15) is 11.8 Å². The molecule has 100 valence electrons. The first-order valence-corrected chi connectivity index (χ1v) is 8.53. The van der Waals surface area contributed by atoms with Gasteiger partial charge in [-0.25, -0.2) is 0 Å². The van der Waals surface area contributed by atoms with Gasteiger partial charge in [0.25, 0.3) is 0 Å². The van der Waals surface area contributed by atoms with Gasteiger partial charge in [-0.3, -0.25) is 0 Å². The normalized spacial score (nSPS) is 36.0. The first kappa shape index (κ1) is 13.7. The Morgan fingerprint density at radius 3 is 2.88 bits per heavy atom. The zero-order valence-electron chi connectivity index (χ0n) is 11.5. The first-order valence-electron chi connectivity index (χ1n) is 7.24. The average Bonchev–Trinajstić information content (AvgIpc) is 2.70. The van der Waals surface area contributed by atoms with Gasteiger partial charge in [0.05, 0.1) is 0 Å². The van der Waals surface area contributed by atoms with E-state index < -0.39 is 0 Å². The van der Waals surface area contributed by atoms with Gasteiger partial charge in [0.2, 0.25) is 0 Å². The van der Waals surface area contributed by atoms with Crippen molar-refractivity contribution in [3.8, 4) is 0 Å². The monoisotopic (exact) mass is 256 g/mol. The second kappa shape index (κ2) is 6.44. The number of hydrogen-bond donors (Lipinski definition) is 1. The third-order valence-electron chi connectivity index (χ3n) is 4.74. The SMILES string of the molecule is CCC1(CN2CCCC(SC)CC2)CCNC1. The molecule has 0 aromatic heterocycles. The summed E-state index contributed by atoms with van der Waals surface area (Å²) in [6.45, 7) is 8.83. The highest BCUT2D eigenvalue weighted by atomic mass is 32.2. The molecule has 0 bridgehead atoms. The molecule has 17 heavy (non-hydrogen) atoms. The molecule has 3 heteroatoms. The van der Waals surface area contributed by atoms with Crippen molar-refractivity contribution in [3.63, 3.8) is 0 Å². The summed E-state index contributed by atoms with van der Waals surface area (Å²) in [5.41, 5.74) is 0.583. The van der Waals surface area contributed by atoms with Crippen LogP contribution in [0.1, 0.15) is 39.0 Å². The van der Waals surface area contributed by atoms with Crippen molar-refractivity contribution in [2.24, 2.45) is 5.41 Å². The summed E-state index contributed by atoms with van der Waals surface area (Å²) in [7, 11) is 0. The summed E-state index contributed by atoms with van der Waals surface area (Å²) < 4.78 is 0. The fraction of sp³-hybridized carbons (Fsp3) is 1.00. The van der Waals surface area contributed by atoms with E-state index in [1.165, 1.54) is 64.8 Å². The number of thioether (sulfide) groups is 1. The largest absolute Gasteiger partial charge is 0.316 e. The third kappa shape index (κ3) is 3.62. The second-order valence-electron chi connectivity index (χ2n) is 5.85. The van der Waals surface area contributed by atoms with Crippen molar-refractivity contribution in [1.82, 2.24) is 10.2 Å². The maximum atomic E-state index is 3.56. The van der Waals surface area contributed by atoms with E-state index in [1.54, 1.807) is 0 Å². The van der Waals surface area contributed by atoms with Crippen LogP contribution in [0.2, 0.25) is 0 Å². The van der Waals surface area contributed by atoms with Crippen LogP contribution in [-0.2, 0) is 0 Å². The average molecular weight is 256 g/mol. The molecule has 0 aromatic carbocycles. The molecule has 2 aliphatic heterocycles. The predicted molar refractivity (Wildman–Crippen MR) is 77.8 cm³/mol. The Hall–Kier alpha value is 0.270. The predicted octanol–water partition coefficient (Wildman–Crippen LogP) is 2.59. The third-order valence-corrected chi connectivity index (χ3v) is 5.88. The minimum absolute atomic E-state index is 0.583. The molecule has 0 radical (unpaired) electrons. The Labute approximate surface area is 111 Å². The van der Waals surface area contributed by atoms with Gasteiger partial charge in [0, 0.05) is 18.3 Å². The molecule has 0 aliphatic carbocycles. The van der Waals surface area contributed by atoms with Crippen LogP contribution in [0.25, 0.3) is 0 Å². The highest BCUT2D eigenvalue weighted by Gasteiger charge is 2.34. The molecule has 0 saturated carbocycles. The van der Waals surface area contributed by atoms with Crippen LogP contribution in [-0.4, -0.2) is 49.1 Å². The first-order chi connectivity index (χ1) is 8.28. The number of nitrogens with zero attached hydrogens (tertiary/aromatic N) is 1. The van der Waals surface area contributed by atoms with Crippen LogP contribution in [0.5, 0.6) is 0 Å². The van der Waals surface area contributed by atoms with Crippen LogP contribution in [0.4, 0.5) is 0 Å². The van der Waals surface area contributed by atoms with Crippen LogP contribution in [0, 0.1) is 5.41 Å². The van der Waals surface area contributed by atoms with Crippen molar-refractivity contribution in [2.75, 3.05) is 39.0 Å². The van der Waals surface area contributed by atoms with Gasteiger partial charge in [-0.05, 0) is 63.4 Å². The van der Waals surface area contributed by atoms with Crippen LogP contribution >= 0.6 is 11.8 Å². The Bertz CT molecular complexity index is 226.